The zero-order valence-electron chi connectivity index (χ0n) is 13.5. The molecular formula is C19H22O3. The molecule has 0 bridgehead atoms. The van der Waals surface area contributed by atoms with Gasteiger partial charge in [0.1, 0.15) is 5.75 Å². The monoisotopic (exact) mass is 298 g/mol. The molecule has 0 spiro atoms. The van der Waals surface area contributed by atoms with E-state index in [4.69, 9.17) is 4.74 Å². The highest BCUT2D eigenvalue weighted by Gasteiger charge is 2.26. The summed E-state index contributed by atoms with van der Waals surface area (Å²) in [5.74, 6) is -0.374. The molecule has 0 heterocycles. The Labute approximate surface area is 131 Å². The molecule has 2 aromatic carbocycles. The van der Waals surface area contributed by atoms with Crippen LogP contribution in [0.15, 0.2) is 48.5 Å². The molecule has 1 N–H and O–H groups in total. The van der Waals surface area contributed by atoms with Gasteiger partial charge in [0.05, 0.1) is 0 Å². The lowest BCUT2D eigenvalue weighted by atomic mass is 9.85. The Kier molecular flexibility index (Phi) is 4.55. The SMILES string of the molecule is Cc1ccc(OC(C(=O)O)c2ccccc2)c(C(C)(C)C)c1. The number of carboxylic acid groups (broad SMARTS) is 1. The van der Waals surface area contributed by atoms with Crippen molar-refractivity contribution in [2.24, 2.45) is 0 Å². The van der Waals surface area contributed by atoms with Crippen molar-refractivity contribution in [3.8, 4) is 5.75 Å². The minimum atomic E-state index is -1.01. The van der Waals surface area contributed by atoms with Gasteiger partial charge in [0.15, 0.2) is 0 Å². The zero-order chi connectivity index (χ0) is 16.3. The zero-order valence-corrected chi connectivity index (χ0v) is 13.5. The number of rotatable bonds is 4. The maximum atomic E-state index is 11.6. The van der Waals surface area contributed by atoms with Gasteiger partial charge >= 0.3 is 5.97 Å². The van der Waals surface area contributed by atoms with E-state index < -0.39 is 12.1 Å². The fraction of sp³-hybridized carbons (Fsp3) is 0.316. The first-order chi connectivity index (χ1) is 10.3. The average Bonchev–Trinajstić information content (AvgIpc) is 2.45. The molecular weight excluding hydrogens is 276 g/mol. The summed E-state index contributed by atoms with van der Waals surface area (Å²) in [5.41, 5.74) is 2.65. The van der Waals surface area contributed by atoms with Crippen LogP contribution in [0.5, 0.6) is 5.75 Å². The van der Waals surface area contributed by atoms with E-state index in [1.165, 1.54) is 0 Å². The van der Waals surface area contributed by atoms with E-state index in [1.807, 2.05) is 37.3 Å². The Bertz CT molecular complexity index is 654. The predicted octanol–water partition coefficient (Wildman–Crippen LogP) is 4.50. The number of carbonyl (C=O) groups is 1. The molecule has 1 unspecified atom stereocenters. The summed E-state index contributed by atoms with van der Waals surface area (Å²) in [4.78, 5) is 11.6. The molecule has 0 aliphatic heterocycles. The van der Waals surface area contributed by atoms with Crippen LogP contribution in [0, 0.1) is 6.92 Å². The Morgan fingerprint density at radius 2 is 1.73 bits per heavy atom. The summed E-state index contributed by atoms with van der Waals surface area (Å²) in [6.07, 6.45) is -1.01. The second-order valence-corrected chi connectivity index (χ2v) is 6.50. The first-order valence-corrected chi connectivity index (χ1v) is 7.34. The number of hydrogen-bond donors (Lipinski definition) is 1. The smallest absolute Gasteiger partial charge is 0.349 e. The fourth-order valence-corrected chi connectivity index (χ4v) is 2.35. The van der Waals surface area contributed by atoms with Crippen molar-refractivity contribution >= 4 is 5.97 Å². The lowest BCUT2D eigenvalue weighted by Gasteiger charge is -2.25. The van der Waals surface area contributed by atoms with Gasteiger partial charge < -0.3 is 9.84 Å². The van der Waals surface area contributed by atoms with Gasteiger partial charge in [-0.05, 0) is 24.0 Å². The molecule has 0 aliphatic carbocycles. The van der Waals surface area contributed by atoms with Crippen LogP contribution in [0.4, 0.5) is 0 Å². The normalized spacial score (nSPS) is 12.7. The van der Waals surface area contributed by atoms with Crippen LogP contribution in [0.25, 0.3) is 0 Å². The molecule has 3 nitrogen and oxygen atoms in total. The quantitative estimate of drug-likeness (QED) is 0.904. The van der Waals surface area contributed by atoms with E-state index in [9.17, 15) is 9.90 Å². The van der Waals surface area contributed by atoms with E-state index in [2.05, 4.69) is 26.8 Å². The Hall–Kier alpha value is -2.29. The summed E-state index contributed by atoms with van der Waals surface area (Å²) in [7, 11) is 0. The van der Waals surface area contributed by atoms with Gasteiger partial charge in [0.2, 0.25) is 6.10 Å². The van der Waals surface area contributed by atoms with E-state index in [0.29, 0.717) is 11.3 Å². The topological polar surface area (TPSA) is 46.5 Å². The summed E-state index contributed by atoms with van der Waals surface area (Å²) in [6, 6.07) is 14.9. The van der Waals surface area contributed by atoms with Crippen LogP contribution in [0.1, 0.15) is 43.6 Å². The molecule has 116 valence electrons. The maximum absolute atomic E-state index is 11.6. The lowest BCUT2D eigenvalue weighted by molar-refractivity contribution is -0.145. The van der Waals surface area contributed by atoms with Gasteiger partial charge in [0, 0.05) is 5.56 Å². The van der Waals surface area contributed by atoms with Crippen LogP contribution in [0.2, 0.25) is 0 Å². The molecule has 0 aliphatic rings. The third kappa shape index (κ3) is 3.67. The highest BCUT2D eigenvalue weighted by molar-refractivity contribution is 5.75. The van der Waals surface area contributed by atoms with Gasteiger partial charge in [-0.1, -0.05) is 68.8 Å². The highest BCUT2D eigenvalue weighted by atomic mass is 16.5. The number of carboxylic acids is 1. The van der Waals surface area contributed by atoms with E-state index in [0.717, 1.165) is 11.1 Å². The van der Waals surface area contributed by atoms with Crippen molar-refractivity contribution in [2.45, 2.75) is 39.2 Å². The second kappa shape index (κ2) is 6.22. The average molecular weight is 298 g/mol. The molecule has 0 fully saturated rings. The van der Waals surface area contributed by atoms with E-state index in [1.54, 1.807) is 12.1 Å². The van der Waals surface area contributed by atoms with E-state index >= 15 is 0 Å². The van der Waals surface area contributed by atoms with Gasteiger partial charge in [-0.25, -0.2) is 4.79 Å². The molecule has 0 saturated carbocycles. The van der Waals surface area contributed by atoms with Crippen molar-refractivity contribution < 1.29 is 14.6 Å². The minimum Gasteiger partial charge on any atom is -0.478 e. The molecule has 3 heteroatoms. The summed E-state index contributed by atoms with van der Waals surface area (Å²) in [5, 5.41) is 9.51. The summed E-state index contributed by atoms with van der Waals surface area (Å²) < 4.78 is 5.88. The van der Waals surface area contributed by atoms with Crippen molar-refractivity contribution in [1.29, 1.82) is 0 Å². The maximum Gasteiger partial charge on any atom is 0.349 e. The Balaban J connectivity index is 2.42. The van der Waals surface area contributed by atoms with Crippen LogP contribution in [-0.2, 0) is 10.2 Å². The third-order valence-electron chi connectivity index (χ3n) is 3.51. The minimum absolute atomic E-state index is 0.124. The summed E-state index contributed by atoms with van der Waals surface area (Å²) >= 11 is 0. The molecule has 0 radical (unpaired) electrons. The molecule has 0 amide bonds. The molecule has 1 atom stereocenters. The van der Waals surface area contributed by atoms with Crippen LogP contribution in [0.3, 0.4) is 0 Å². The second-order valence-electron chi connectivity index (χ2n) is 6.50. The molecule has 0 saturated heterocycles. The van der Waals surface area contributed by atoms with Gasteiger partial charge in [-0.2, -0.15) is 0 Å². The van der Waals surface area contributed by atoms with Crippen molar-refractivity contribution in [1.82, 2.24) is 0 Å². The van der Waals surface area contributed by atoms with Gasteiger partial charge in [-0.3, -0.25) is 0 Å². The Morgan fingerprint density at radius 3 is 2.27 bits per heavy atom. The van der Waals surface area contributed by atoms with Crippen LogP contribution < -0.4 is 4.74 Å². The first-order valence-electron chi connectivity index (χ1n) is 7.34. The Morgan fingerprint density at radius 1 is 1.09 bits per heavy atom. The predicted molar refractivity (Wildman–Crippen MR) is 87.3 cm³/mol. The molecule has 2 aromatic rings. The largest absolute Gasteiger partial charge is 0.478 e. The van der Waals surface area contributed by atoms with Crippen molar-refractivity contribution in [3.63, 3.8) is 0 Å². The lowest BCUT2D eigenvalue weighted by Crippen LogP contribution is -2.21. The van der Waals surface area contributed by atoms with Crippen molar-refractivity contribution in [3.05, 3.63) is 65.2 Å². The third-order valence-corrected chi connectivity index (χ3v) is 3.51. The number of ether oxygens (including phenoxy) is 1. The standard InChI is InChI=1S/C19H22O3/c1-13-10-11-16(15(12-13)19(2,3)4)22-17(18(20)21)14-8-6-5-7-9-14/h5-12,17H,1-4H3,(H,20,21). The van der Waals surface area contributed by atoms with Crippen LogP contribution in [-0.4, -0.2) is 11.1 Å². The first kappa shape index (κ1) is 16.1. The number of aliphatic carboxylic acids is 1. The number of aryl methyl sites for hydroxylation is 1. The molecule has 2 rings (SSSR count). The summed E-state index contributed by atoms with van der Waals surface area (Å²) in [6.45, 7) is 8.29. The fourth-order valence-electron chi connectivity index (χ4n) is 2.35. The van der Waals surface area contributed by atoms with Gasteiger partial charge in [0.25, 0.3) is 0 Å². The number of benzene rings is 2. The highest BCUT2D eigenvalue weighted by Crippen LogP contribution is 2.34. The van der Waals surface area contributed by atoms with Gasteiger partial charge in [-0.15, -0.1) is 0 Å². The molecule has 0 aromatic heterocycles. The van der Waals surface area contributed by atoms with Crippen LogP contribution >= 0.6 is 0 Å². The number of hydrogen-bond acceptors (Lipinski definition) is 2. The van der Waals surface area contributed by atoms with Crippen molar-refractivity contribution in [2.75, 3.05) is 0 Å². The molecule has 22 heavy (non-hydrogen) atoms. The van der Waals surface area contributed by atoms with E-state index in [-0.39, 0.29) is 5.41 Å².